The number of nitrogens with one attached hydrogen (secondary N) is 1. The smallest absolute Gasteiger partial charge is 0.152 e. The van der Waals surface area contributed by atoms with E-state index in [1.165, 1.54) is 10.4 Å². The third-order valence-electron chi connectivity index (χ3n) is 3.20. The van der Waals surface area contributed by atoms with Gasteiger partial charge in [-0.1, -0.05) is 17.8 Å². The fourth-order valence-electron chi connectivity index (χ4n) is 2.03. The second-order valence-electron chi connectivity index (χ2n) is 4.55. The maximum Gasteiger partial charge on any atom is 0.152 e. The summed E-state index contributed by atoms with van der Waals surface area (Å²) in [5, 5.41) is 1.98. The zero-order chi connectivity index (χ0) is 14.8. The average molecular weight is 317 g/mol. The lowest BCUT2D eigenvalue weighted by Crippen LogP contribution is -2.10. The molecule has 0 amide bonds. The molecule has 3 aromatic rings. The maximum atomic E-state index is 5.62. The van der Waals surface area contributed by atoms with Gasteiger partial charge in [0.2, 0.25) is 0 Å². The van der Waals surface area contributed by atoms with Gasteiger partial charge in [0, 0.05) is 11.1 Å². The van der Waals surface area contributed by atoms with Gasteiger partial charge in [-0.2, -0.15) is 0 Å². The highest BCUT2D eigenvalue weighted by atomic mass is 32.2. The lowest BCUT2D eigenvalue weighted by atomic mass is 10.2. The van der Waals surface area contributed by atoms with Crippen LogP contribution in [0.1, 0.15) is 16.3 Å². The number of thioether (sulfide) groups is 1. The molecule has 21 heavy (non-hydrogen) atoms. The number of fused-ring (bicyclic) bond motifs is 1. The largest absolute Gasteiger partial charge is 0.308 e. The zero-order valence-corrected chi connectivity index (χ0v) is 13.4. The Bertz CT molecular complexity index is 770. The number of rotatable bonds is 4. The molecule has 0 aromatic carbocycles. The van der Waals surface area contributed by atoms with Crippen LogP contribution in [0.5, 0.6) is 0 Å². The first-order chi connectivity index (χ1) is 10.2. The van der Waals surface area contributed by atoms with Crippen molar-refractivity contribution < 1.29 is 0 Å². The van der Waals surface area contributed by atoms with E-state index < -0.39 is 0 Å². The number of anilines is 1. The highest BCUT2D eigenvalue weighted by molar-refractivity contribution is 7.98. The van der Waals surface area contributed by atoms with Crippen molar-refractivity contribution >= 4 is 39.1 Å². The van der Waals surface area contributed by atoms with Gasteiger partial charge in [0.1, 0.15) is 10.7 Å². The van der Waals surface area contributed by atoms with Gasteiger partial charge in [-0.15, -0.1) is 11.3 Å². The van der Waals surface area contributed by atoms with Crippen LogP contribution in [0, 0.1) is 13.8 Å². The summed E-state index contributed by atoms with van der Waals surface area (Å²) in [5.74, 6) is 7.73. The molecule has 0 bridgehead atoms. The second-order valence-corrected chi connectivity index (χ2v) is 6.75. The Morgan fingerprint density at radius 3 is 2.86 bits per heavy atom. The minimum Gasteiger partial charge on any atom is -0.308 e. The number of hydrogen-bond donors (Lipinski definition) is 2. The minimum absolute atomic E-state index is 0.664. The molecule has 0 atom stereocenters. The Morgan fingerprint density at radius 1 is 1.29 bits per heavy atom. The summed E-state index contributed by atoms with van der Waals surface area (Å²) < 4.78 is 0. The van der Waals surface area contributed by atoms with Gasteiger partial charge < -0.3 is 5.43 Å². The number of aromatic nitrogens is 3. The lowest BCUT2D eigenvalue weighted by molar-refractivity contribution is 1.05. The second kappa shape index (κ2) is 5.97. The summed E-state index contributed by atoms with van der Waals surface area (Å²) in [6.07, 6.45) is 1.78. The molecule has 0 radical (unpaired) electrons. The van der Waals surface area contributed by atoms with E-state index in [0.29, 0.717) is 11.6 Å². The molecular formula is C14H15N5S2. The topological polar surface area (TPSA) is 76.7 Å². The first-order valence-electron chi connectivity index (χ1n) is 6.46. The summed E-state index contributed by atoms with van der Waals surface area (Å²) in [6.45, 7) is 4.16. The Hall–Kier alpha value is -1.70. The summed E-state index contributed by atoms with van der Waals surface area (Å²) in [7, 11) is 0. The van der Waals surface area contributed by atoms with E-state index >= 15 is 0 Å². The van der Waals surface area contributed by atoms with Crippen molar-refractivity contribution in [1.82, 2.24) is 15.0 Å². The molecule has 3 N–H and O–H groups in total. The van der Waals surface area contributed by atoms with Crippen molar-refractivity contribution in [3.05, 3.63) is 40.7 Å². The van der Waals surface area contributed by atoms with Crippen LogP contribution in [-0.4, -0.2) is 15.0 Å². The van der Waals surface area contributed by atoms with Crippen molar-refractivity contribution in [1.29, 1.82) is 0 Å². The third kappa shape index (κ3) is 2.85. The average Bonchev–Trinajstić information content (AvgIpc) is 2.80. The molecule has 0 unspecified atom stereocenters. The van der Waals surface area contributed by atoms with E-state index in [9.17, 15) is 0 Å². The first kappa shape index (κ1) is 14.2. The van der Waals surface area contributed by atoms with Gasteiger partial charge in [0.25, 0.3) is 0 Å². The molecule has 3 aromatic heterocycles. The molecule has 0 aliphatic heterocycles. The van der Waals surface area contributed by atoms with Crippen LogP contribution in [-0.2, 0) is 5.75 Å². The van der Waals surface area contributed by atoms with Crippen molar-refractivity contribution in [2.45, 2.75) is 24.6 Å². The summed E-state index contributed by atoms with van der Waals surface area (Å²) >= 11 is 3.28. The molecule has 0 fully saturated rings. The van der Waals surface area contributed by atoms with Crippen LogP contribution in [0.3, 0.4) is 0 Å². The fraction of sp³-hybridized carbons (Fsp3) is 0.214. The lowest BCUT2D eigenvalue weighted by Gasteiger charge is -2.06. The highest BCUT2D eigenvalue weighted by Crippen LogP contribution is 2.33. The number of nitrogen functional groups attached to an aromatic ring is 1. The van der Waals surface area contributed by atoms with E-state index in [0.717, 1.165) is 21.1 Å². The van der Waals surface area contributed by atoms with Crippen LogP contribution >= 0.6 is 23.1 Å². The van der Waals surface area contributed by atoms with Gasteiger partial charge in [-0.05, 0) is 31.5 Å². The van der Waals surface area contributed by atoms with Crippen molar-refractivity contribution in [2.75, 3.05) is 5.43 Å². The van der Waals surface area contributed by atoms with E-state index in [1.54, 1.807) is 29.3 Å². The van der Waals surface area contributed by atoms with Gasteiger partial charge in [-0.25, -0.2) is 20.8 Å². The number of thiophene rings is 1. The predicted octanol–water partition coefficient (Wildman–Crippen LogP) is 3.28. The SMILES string of the molecule is Cc1sc2nc(CSc3ccccn3)nc(NN)c2c1C. The van der Waals surface area contributed by atoms with Gasteiger partial charge in [-0.3, -0.25) is 0 Å². The van der Waals surface area contributed by atoms with Gasteiger partial charge in [0.15, 0.2) is 5.82 Å². The monoisotopic (exact) mass is 317 g/mol. The highest BCUT2D eigenvalue weighted by Gasteiger charge is 2.14. The van der Waals surface area contributed by atoms with E-state index in [4.69, 9.17) is 5.84 Å². The number of aryl methyl sites for hydroxylation is 2. The molecule has 0 saturated heterocycles. The Balaban J connectivity index is 1.93. The van der Waals surface area contributed by atoms with Crippen LogP contribution in [0.25, 0.3) is 10.2 Å². The van der Waals surface area contributed by atoms with E-state index in [1.807, 2.05) is 18.2 Å². The van der Waals surface area contributed by atoms with Crippen molar-refractivity contribution in [3.8, 4) is 0 Å². The molecule has 3 heterocycles. The van der Waals surface area contributed by atoms with Crippen LogP contribution < -0.4 is 11.3 Å². The zero-order valence-electron chi connectivity index (χ0n) is 11.8. The van der Waals surface area contributed by atoms with Crippen LogP contribution in [0.15, 0.2) is 29.4 Å². The van der Waals surface area contributed by atoms with Gasteiger partial charge >= 0.3 is 0 Å². The van der Waals surface area contributed by atoms with Crippen molar-refractivity contribution in [2.24, 2.45) is 5.84 Å². The molecule has 3 rings (SSSR count). The minimum atomic E-state index is 0.664. The Morgan fingerprint density at radius 2 is 2.14 bits per heavy atom. The molecule has 108 valence electrons. The molecule has 7 heteroatoms. The molecule has 0 aliphatic rings. The normalized spacial score (nSPS) is 11.0. The fourth-order valence-corrected chi connectivity index (χ4v) is 3.80. The number of pyridine rings is 1. The first-order valence-corrected chi connectivity index (χ1v) is 8.26. The van der Waals surface area contributed by atoms with Crippen molar-refractivity contribution in [3.63, 3.8) is 0 Å². The number of hydrazine groups is 1. The molecule has 0 saturated carbocycles. The van der Waals surface area contributed by atoms with Crippen LogP contribution in [0.2, 0.25) is 0 Å². The quantitative estimate of drug-likeness (QED) is 0.437. The molecule has 0 spiro atoms. The van der Waals surface area contributed by atoms with Crippen LogP contribution in [0.4, 0.5) is 5.82 Å². The summed E-state index contributed by atoms with van der Waals surface area (Å²) in [4.78, 5) is 15.7. The molecule has 0 aliphatic carbocycles. The summed E-state index contributed by atoms with van der Waals surface area (Å²) in [6, 6.07) is 5.85. The maximum absolute atomic E-state index is 5.62. The van der Waals surface area contributed by atoms with Gasteiger partial charge in [0.05, 0.1) is 16.2 Å². The number of nitrogens with two attached hydrogens (primary N) is 1. The standard InChI is InChI=1S/C14H15N5S2/c1-8-9(2)21-14-12(8)13(19-15)17-10(18-14)7-20-11-5-3-4-6-16-11/h3-6H,7,15H2,1-2H3,(H,17,18,19). The molecule has 5 nitrogen and oxygen atoms in total. The number of hydrogen-bond acceptors (Lipinski definition) is 7. The predicted molar refractivity (Wildman–Crippen MR) is 88.5 cm³/mol. The Kier molecular flexibility index (Phi) is 4.05. The van der Waals surface area contributed by atoms with E-state index in [2.05, 4.69) is 34.2 Å². The summed E-state index contributed by atoms with van der Waals surface area (Å²) in [5.41, 5.74) is 3.88. The third-order valence-corrected chi connectivity index (χ3v) is 5.24. The molecular weight excluding hydrogens is 302 g/mol. The number of nitrogens with zero attached hydrogens (tertiary/aromatic N) is 3. The Labute approximate surface area is 131 Å². The van der Waals surface area contributed by atoms with E-state index in [-0.39, 0.29) is 0 Å².